The monoisotopic (exact) mass is 347 g/mol. The van der Waals surface area contributed by atoms with Crippen molar-refractivity contribution in [2.24, 2.45) is 10.9 Å². The molecule has 1 unspecified atom stereocenters. The van der Waals surface area contributed by atoms with Crippen LogP contribution in [0.5, 0.6) is 0 Å². The first kappa shape index (κ1) is 16.2. The zero-order valence-electron chi connectivity index (χ0n) is 14.5. The Labute approximate surface area is 153 Å². The summed E-state index contributed by atoms with van der Waals surface area (Å²) in [7, 11) is 4.10. The number of benzene rings is 2. The second-order valence-corrected chi connectivity index (χ2v) is 7.85. The Bertz CT molecular complexity index is 881. The van der Waals surface area contributed by atoms with Gasteiger partial charge in [0.1, 0.15) is 0 Å². The van der Waals surface area contributed by atoms with E-state index < -0.39 is 0 Å². The second-order valence-electron chi connectivity index (χ2n) is 6.76. The molecule has 25 heavy (non-hydrogen) atoms. The second kappa shape index (κ2) is 6.52. The van der Waals surface area contributed by atoms with E-state index in [1.54, 1.807) is 11.8 Å². The summed E-state index contributed by atoms with van der Waals surface area (Å²) in [6, 6.07) is 16.8. The Morgan fingerprint density at radius 1 is 1.16 bits per heavy atom. The molecule has 0 saturated heterocycles. The van der Waals surface area contributed by atoms with Crippen molar-refractivity contribution in [1.82, 2.24) is 0 Å². The molecule has 2 aliphatic rings. The average molecular weight is 347 g/mol. The lowest BCUT2D eigenvalue weighted by Crippen LogP contribution is -2.25. The molecular weight excluding hydrogens is 326 g/mol. The van der Waals surface area contributed by atoms with Crippen LogP contribution in [-0.2, 0) is 6.42 Å². The zero-order valence-corrected chi connectivity index (χ0v) is 15.3. The number of hydrogen-bond acceptors (Lipinski definition) is 4. The minimum absolute atomic E-state index is 0.216. The molecule has 1 aliphatic carbocycles. The van der Waals surface area contributed by atoms with E-state index in [0.29, 0.717) is 0 Å². The van der Waals surface area contributed by atoms with Crippen LogP contribution in [0.4, 0.5) is 11.4 Å². The first-order valence-electron chi connectivity index (χ1n) is 8.51. The fourth-order valence-electron chi connectivity index (χ4n) is 3.28. The van der Waals surface area contributed by atoms with E-state index >= 15 is 0 Å². The predicted molar refractivity (Wildman–Crippen MR) is 108 cm³/mol. The molecule has 2 aromatic rings. The van der Waals surface area contributed by atoms with Gasteiger partial charge in [-0.1, -0.05) is 42.1 Å². The molecule has 1 atom stereocenters. The van der Waals surface area contributed by atoms with Crippen LogP contribution in [0.1, 0.15) is 12.0 Å². The summed E-state index contributed by atoms with van der Waals surface area (Å²) >= 11 is 1.75. The van der Waals surface area contributed by atoms with Crippen LogP contribution in [0.2, 0.25) is 0 Å². The highest BCUT2D eigenvalue weighted by atomic mass is 32.2. The third-order valence-corrected chi connectivity index (χ3v) is 5.83. The molecule has 1 heterocycles. The minimum atomic E-state index is 0.216. The van der Waals surface area contributed by atoms with Crippen LogP contribution in [-0.4, -0.2) is 25.5 Å². The maximum atomic E-state index is 8.46. The van der Waals surface area contributed by atoms with Crippen LogP contribution < -0.4 is 4.90 Å². The third-order valence-electron chi connectivity index (χ3n) is 4.71. The number of allylic oxidation sites excluding steroid dienone is 2. The number of aliphatic imine (C=N–C) groups is 1. The highest BCUT2D eigenvalue weighted by molar-refractivity contribution is 8.04. The van der Waals surface area contributed by atoms with Gasteiger partial charge in [0.2, 0.25) is 0 Å². The van der Waals surface area contributed by atoms with Crippen molar-refractivity contribution in [1.29, 1.82) is 5.41 Å². The summed E-state index contributed by atoms with van der Waals surface area (Å²) in [4.78, 5) is 9.32. The smallest absolute Gasteiger partial charge is 0.0774 e. The fraction of sp³-hybridized carbons (Fsp3) is 0.238. The van der Waals surface area contributed by atoms with Gasteiger partial charge in [0, 0.05) is 41.2 Å². The Morgan fingerprint density at radius 2 is 1.96 bits per heavy atom. The van der Waals surface area contributed by atoms with Crippen molar-refractivity contribution in [2.45, 2.75) is 17.7 Å². The largest absolute Gasteiger partial charge is 0.378 e. The van der Waals surface area contributed by atoms with Gasteiger partial charge in [0.15, 0.2) is 0 Å². The van der Waals surface area contributed by atoms with Gasteiger partial charge in [-0.05, 0) is 42.7 Å². The highest BCUT2D eigenvalue weighted by Crippen LogP contribution is 2.44. The summed E-state index contributed by atoms with van der Waals surface area (Å²) in [6.45, 7) is 0. The number of nitrogens with zero attached hydrogens (tertiary/aromatic N) is 2. The van der Waals surface area contributed by atoms with Crippen LogP contribution in [0, 0.1) is 11.3 Å². The van der Waals surface area contributed by atoms with Gasteiger partial charge in [-0.3, -0.25) is 4.99 Å². The molecule has 1 aliphatic heterocycles. The summed E-state index contributed by atoms with van der Waals surface area (Å²) in [5.74, 6) is 0.216. The molecular formula is C21H21N3S. The predicted octanol–water partition coefficient (Wildman–Crippen LogP) is 5.10. The highest BCUT2D eigenvalue weighted by Gasteiger charge is 2.28. The molecule has 0 aromatic heterocycles. The summed E-state index contributed by atoms with van der Waals surface area (Å²) < 4.78 is 0. The van der Waals surface area contributed by atoms with Gasteiger partial charge in [-0.2, -0.15) is 0 Å². The molecule has 0 bridgehead atoms. The van der Waals surface area contributed by atoms with Gasteiger partial charge < -0.3 is 10.3 Å². The number of hydrogen-bond donors (Lipinski definition) is 1. The quantitative estimate of drug-likeness (QED) is 0.839. The zero-order chi connectivity index (χ0) is 17.4. The van der Waals surface area contributed by atoms with Gasteiger partial charge in [0.25, 0.3) is 0 Å². The SMILES string of the molecule is CN(C)c1ccc2c(c1)SC1=CC(=N)C(Cc3ccccc3)CC1=N2. The number of rotatable bonds is 3. The molecule has 3 nitrogen and oxygen atoms in total. The van der Waals surface area contributed by atoms with E-state index in [0.717, 1.165) is 34.9 Å². The molecule has 2 aromatic carbocycles. The molecule has 0 radical (unpaired) electrons. The van der Waals surface area contributed by atoms with Gasteiger partial charge in [-0.25, -0.2) is 0 Å². The molecule has 4 heteroatoms. The van der Waals surface area contributed by atoms with Crippen molar-refractivity contribution in [3.05, 3.63) is 65.1 Å². The maximum absolute atomic E-state index is 8.46. The van der Waals surface area contributed by atoms with E-state index in [2.05, 4.69) is 47.4 Å². The minimum Gasteiger partial charge on any atom is -0.378 e. The third kappa shape index (κ3) is 3.27. The van der Waals surface area contributed by atoms with Crippen LogP contribution in [0.3, 0.4) is 0 Å². The summed E-state index contributed by atoms with van der Waals surface area (Å²) in [5.41, 5.74) is 5.37. The maximum Gasteiger partial charge on any atom is 0.0774 e. The molecule has 0 amide bonds. The molecule has 0 fully saturated rings. The van der Waals surface area contributed by atoms with Crippen LogP contribution in [0.25, 0.3) is 0 Å². The molecule has 1 N–H and O–H groups in total. The average Bonchev–Trinajstić information content (AvgIpc) is 2.61. The van der Waals surface area contributed by atoms with Gasteiger partial charge in [0.05, 0.1) is 11.4 Å². The first-order chi connectivity index (χ1) is 12.1. The topological polar surface area (TPSA) is 39.5 Å². The molecule has 0 saturated carbocycles. The summed E-state index contributed by atoms with van der Waals surface area (Å²) in [5, 5.41) is 8.46. The fourth-order valence-corrected chi connectivity index (χ4v) is 4.34. The van der Waals surface area contributed by atoms with Crippen molar-refractivity contribution in [2.75, 3.05) is 19.0 Å². The lowest BCUT2D eigenvalue weighted by atomic mass is 9.85. The van der Waals surface area contributed by atoms with Gasteiger partial charge in [-0.15, -0.1) is 0 Å². The van der Waals surface area contributed by atoms with Crippen molar-refractivity contribution in [3.8, 4) is 0 Å². The Balaban J connectivity index is 1.62. The van der Waals surface area contributed by atoms with Crippen molar-refractivity contribution in [3.63, 3.8) is 0 Å². The van der Waals surface area contributed by atoms with Crippen molar-refractivity contribution < 1.29 is 0 Å². The standard InChI is InChI=1S/C21H21N3S/c1-24(2)16-8-9-18-20(12-16)25-21-13-17(22)15(11-19(21)23-18)10-14-6-4-3-5-7-14/h3-9,12-13,15,22H,10-11H2,1-2H3. The van der Waals surface area contributed by atoms with Crippen LogP contribution in [0.15, 0.2) is 69.4 Å². The number of anilines is 1. The Morgan fingerprint density at radius 3 is 2.72 bits per heavy atom. The van der Waals surface area contributed by atoms with Crippen LogP contribution >= 0.6 is 11.8 Å². The van der Waals surface area contributed by atoms with Gasteiger partial charge >= 0.3 is 0 Å². The van der Waals surface area contributed by atoms with E-state index in [-0.39, 0.29) is 5.92 Å². The van der Waals surface area contributed by atoms with E-state index in [9.17, 15) is 0 Å². The summed E-state index contributed by atoms with van der Waals surface area (Å²) in [6.07, 6.45) is 3.77. The normalized spacial score (nSPS) is 18.8. The van der Waals surface area contributed by atoms with Crippen molar-refractivity contribution >= 4 is 34.6 Å². The van der Waals surface area contributed by atoms with E-state index in [1.165, 1.54) is 16.1 Å². The molecule has 4 rings (SSSR count). The number of fused-ring (bicyclic) bond motifs is 2. The Hall–Kier alpha value is -2.33. The molecule has 0 spiro atoms. The lowest BCUT2D eigenvalue weighted by Gasteiger charge is -2.28. The number of thioether (sulfide) groups is 1. The molecule has 126 valence electrons. The number of nitrogens with one attached hydrogen (secondary N) is 1. The Kier molecular flexibility index (Phi) is 4.22. The lowest BCUT2D eigenvalue weighted by molar-refractivity contribution is 0.713. The van der Waals surface area contributed by atoms with E-state index in [1.807, 2.05) is 26.2 Å². The first-order valence-corrected chi connectivity index (χ1v) is 9.33. The van der Waals surface area contributed by atoms with E-state index in [4.69, 9.17) is 10.4 Å².